The van der Waals surface area contributed by atoms with Gasteiger partial charge in [0.2, 0.25) is 0 Å². The average Bonchev–Trinajstić information content (AvgIpc) is 2.69. The standard InChI is InChI=1S/C10H14N2O/c13-8-10(5-3-7-12-10)9-4-1-2-6-11-9/h1-2,4,6,12-13H,3,5,7-8H2. The van der Waals surface area contributed by atoms with Crippen LogP contribution in [0.15, 0.2) is 24.4 Å². The Hall–Kier alpha value is -0.930. The summed E-state index contributed by atoms with van der Waals surface area (Å²) < 4.78 is 0. The maximum absolute atomic E-state index is 9.37. The summed E-state index contributed by atoms with van der Waals surface area (Å²) in [6, 6.07) is 5.82. The molecule has 0 radical (unpaired) electrons. The highest BCUT2D eigenvalue weighted by Crippen LogP contribution is 2.28. The second-order valence-electron chi connectivity index (χ2n) is 3.49. The lowest BCUT2D eigenvalue weighted by Crippen LogP contribution is -2.41. The van der Waals surface area contributed by atoms with E-state index in [9.17, 15) is 5.11 Å². The van der Waals surface area contributed by atoms with Gasteiger partial charge in [-0.1, -0.05) is 6.07 Å². The van der Waals surface area contributed by atoms with Crippen molar-refractivity contribution >= 4 is 0 Å². The highest BCUT2D eigenvalue weighted by molar-refractivity contribution is 5.17. The quantitative estimate of drug-likeness (QED) is 0.699. The van der Waals surface area contributed by atoms with Gasteiger partial charge in [0.05, 0.1) is 17.8 Å². The summed E-state index contributed by atoms with van der Waals surface area (Å²) in [7, 11) is 0. The smallest absolute Gasteiger partial charge is 0.0842 e. The van der Waals surface area contributed by atoms with Gasteiger partial charge in [-0.05, 0) is 31.5 Å². The lowest BCUT2D eigenvalue weighted by atomic mass is 9.94. The molecule has 3 heteroatoms. The minimum Gasteiger partial charge on any atom is -0.394 e. The van der Waals surface area contributed by atoms with Gasteiger partial charge in [0.1, 0.15) is 0 Å². The Morgan fingerprint density at radius 3 is 3.00 bits per heavy atom. The molecule has 13 heavy (non-hydrogen) atoms. The molecule has 1 aliphatic heterocycles. The van der Waals surface area contributed by atoms with Gasteiger partial charge in [-0.25, -0.2) is 0 Å². The molecule has 1 aliphatic rings. The minimum atomic E-state index is -0.277. The lowest BCUT2D eigenvalue weighted by molar-refractivity contribution is 0.175. The number of pyridine rings is 1. The molecule has 0 bridgehead atoms. The van der Waals surface area contributed by atoms with E-state index in [0.29, 0.717) is 0 Å². The number of hydrogen-bond acceptors (Lipinski definition) is 3. The molecular weight excluding hydrogens is 164 g/mol. The second kappa shape index (κ2) is 3.44. The number of rotatable bonds is 2. The fraction of sp³-hybridized carbons (Fsp3) is 0.500. The highest BCUT2D eigenvalue weighted by Gasteiger charge is 2.35. The van der Waals surface area contributed by atoms with E-state index in [1.165, 1.54) is 0 Å². The van der Waals surface area contributed by atoms with Crippen molar-refractivity contribution in [2.24, 2.45) is 0 Å². The molecule has 0 saturated carbocycles. The second-order valence-corrected chi connectivity index (χ2v) is 3.49. The first kappa shape index (κ1) is 8.66. The third-order valence-corrected chi connectivity index (χ3v) is 2.67. The highest BCUT2D eigenvalue weighted by atomic mass is 16.3. The summed E-state index contributed by atoms with van der Waals surface area (Å²) in [5.41, 5.74) is 0.677. The van der Waals surface area contributed by atoms with Gasteiger partial charge in [-0.3, -0.25) is 4.98 Å². The van der Waals surface area contributed by atoms with Crippen molar-refractivity contribution in [1.82, 2.24) is 10.3 Å². The molecule has 0 amide bonds. The predicted molar refractivity (Wildman–Crippen MR) is 50.2 cm³/mol. The van der Waals surface area contributed by atoms with E-state index in [-0.39, 0.29) is 12.1 Å². The van der Waals surface area contributed by atoms with E-state index in [1.807, 2.05) is 18.2 Å². The Morgan fingerprint density at radius 2 is 2.46 bits per heavy atom. The molecule has 1 aromatic rings. The van der Waals surface area contributed by atoms with Crippen molar-refractivity contribution in [2.75, 3.05) is 13.2 Å². The number of hydrogen-bond donors (Lipinski definition) is 2. The van der Waals surface area contributed by atoms with Crippen LogP contribution in [-0.2, 0) is 5.54 Å². The molecule has 3 nitrogen and oxygen atoms in total. The molecule has 1 atom stereocenters. The Kier molecular flexibility index (Phi) is 2.29. The van der Waals surface area contributed by atoms with E-state index in [4.69, 9.17) is 0 Å². The maximum atomic E-state index is 9.37. The summed E-state index contributed by atoms with van der Waals surface area (Å²) in [4.78, 5) is 4.28. The van der Waals surface area contributed by atoms with Crippen molar-refractivity contribution in [3.05, 3.63) is 30.1 Å². The molecular formula is C10H14N2O. The number of aromatic nitrogens is 1. The molecule has 1 unspecified atom stereocenters. The molecule has 2 heterocycles. The van der Waals surface area contributed by atoms with Crippen LogP contribution >= 0.6 is 0 Å². The molecule has 0 spiro atoms. The van der Waals surface area contributed by atoms with Crippen molar-refractivity contribution in [2.45, 2.75) is 18.4 Å². The number of aliphatic hydroxyl groups is 1. The summed E-state index contributed by atoms with van der Waals surface area (Å²) >= 11 is 0. The summed E-state index contributed by atoms with van der Waals surface area (Å²) in [6.07, 6.45) is 3.85. The largest absolute Gasteiger partial charge is 0.394 e. The van der Waals surface area contributed by atoms with Crippen molar-refractivity contribution < 1.29 is 5.11 Å². The van der Waals surface area contributed by atoms with Crippen LogP contribution in [0.2, 0.25) is 0 Å². The fourth-order valence-electron chi connectivity index (χ4n) is 1.89. The SMILES string of the molecule is OCC1(c2ccccn2)CCCN1. The predicted octanol–water partition coefficient (Wildman–Crippen LogP) is 0.653. The number of aliphatic hydroxyl groups excluding tert-OH is 1. The van der Waals surface area contributed by atoms with Gasteiger partial charge in [0, 0.05) is 6.20 Å². The maximum Gasteiger partial charge on any atom is 0.0842 e. The van der Waals surface area contributed by atoms with Crippen LogP contribution in [0.5, 0.6) is 0 Å². The monoisotopic (exact) mass is 178 g/mol. The average molecular weight is 178 g/mol. The molecule has 70 valence electrons. The summed E-state index contributed by atoms with van der Waals surface area (Å²) in [6.45, 7) is 1.10. The number of nitrogens with zero attached hydrogens (tertiary/aromatic N) is 1. The summed E-state index contributed by atoms with van der Waals surface area (Å²) in [5, 5.41) is 12.7. The van der Waals surface area contributed by atoms with Crippen LogP contribution in [-0.4, -0.2) is 23.2 Å². The van der Waals surface area contributed by atoms with Crippen LogP contribution in [0.4, 0.5) is 0 Å². The fourth-order valence-corrected chi connectivity index (χ4v) is 1.89. The molecule has 0 aromatic carbocycles. The van der Waals surface area contributed by atoms with E-state index < -0.39 is 0 Å². The molecule has 1 saturated heterocycles. The zero-order valence-corrected chi connectivity index (χ0v) is 7.53. The van der Waals surface area contributed by atoms with Crippen molar-refractivity contribution in [3.63, 3.8) is 0 Å². The van der Waals surface area contributed by atoms with Crippen molar-refractivity contribution in [1.29, 1.82) is 0 Å². The lowest BCUT2D eigenvalue weighted by Gasteiger charge is -2.26. The number of nitrogens with one attached hydrogen (secondary N) is 1. The van der Waals surface area contributed by atoms with Crippen LogP contribution in [0.3, 0.4) is 0 Å². The van der Waals surface area contributed by atoms with Gasteiger partial charge >= 0.3 is 0 Å². The Bertz CT molecular complexity index is 268. The molecule has 1 fully saturated rings. The first-order valence-electron chi connectivity index (χ1n) is 4.65. The Labute approximate surface area is 77.8 Å². The zero-order chi connectivity index (χ0) is 9.15. The normalized spacial score (nSPS) is 27.8. The zero-order valence-electron chi connectivity index (χ0n) is 7.53. The summed E-state index contributed by atoms with van der Waals surface area (Å²) in [5.74, 6) is 0. The topological polar surface area (TPSA) is 45.2 Å². The van der Waals surface area contributed by atoms with E-state index in [0.717, 1.165) is 25.1 Å². The van der Waals surface area contributed by atoms with Crippen LogP contribution in [0.25, 0.3) is 0 Å². The van der Waals surface area contributed by atoms with Gasteiger partial charge < -0.3 is 10.4 Å². The van der Waals surface area contributed by atoms with Gasteiger partial charge in [0.15, 0.2) is 0 Å². The van der Waals surface area contributed by atoms with Crippen LogP contribution in [0.1, 0.15) is 18.5 Å². The third kappa shape index (κ3) is 1.45. The molecule has 2 N–H and O–H groups in total. The molecule has 0 aliphatic carbocycles. The Balaban J connectivity index is 2.31. The molecule has 2 rings (SSSR count). The van der Waals surface area contributed by atoms with E-state index >= 15 is 0 Å². The van der Waals surface area contributed by atoms with Gasteiger partial charge in [0.25, 0.3) is 0 Å². The van der Waals surface area contributed by atoms with Crippen LogP contribution < -0.4 is 5.32 Å². The van der Waals surface area contributed by atoms with E-state index in [2.05, 4.69) is 10.3 Å². The van der Waals surface area contributed by atoms with Crippen molar-refractivity contribution in [3.8, 4) is 0 Å². The molecule has 1 aromatic heterocycles. The third-order valence-electron chi connectivity index (χ3n) is 2.67. The van der Waals surface area contributed by atoms with E-state index in [1.54, 1.807) is 6.20 Å². The van der Waals surface area contributed by atoms with Gasteiger partial charge in [-0.2, -0.15) is 0 Å². The first-order valence-corrected chi connectivity index (χ1v) is 4.65. The Morgan fingerprint density at radius 1 is 1.54 bits per heavy atom. The minimum absolute atomic E-state index is 0.129. The van der Waals surface area contributed by atoms with Gasteiger partial charge in [-0.15, -0.1) is 0 Å². The first-order chi connectivity index (χ1) is 6.37. The van der Waals surface area contributed by atoms with Crippen LogP contribution in [0, 0.1) is 0 Å².